The van der Waals surface area contributed by atoms with Gasteiger partial charge in [0.2, 0.25) is 5.88 Å². The Morgan fingerprint density at radius 2 is 1.79 bits per heavy atom. The number of hydrogen-bond acceptors (Lipinski definition) is 6. The second kappa shape index (κ2) is 9.26. The molecule has 2 amide bonds. The Morgan fingerprint density at radius 1 is 1.03 bits per heavy atom. The van der Waals surface area contributed by atoms with Gasteiger partial charge in [-0.2, -0.15) is 5.10 Å². The number of rotatable bonds is 5. The summed E-state index contributed by atoms with van der Waals surface area (Å²) in [7, 11) is 0. The maximum atomic E-state index is 13.2. The number of hydrogen-bond donors (Lipinski definition) is 2. The largest absolute Gasteiger partial charge is 0.414 e. The van der Waals surface area contributed by atoms with E-state index in [2.05, 4.69) is 25.7 Å². The molecular formula is C24H23FN6O3. The fraction of sp³-hybridized carbons (Fsp3) is 0.208. The van der Waals surface area contributed by atoms with Crippen LogP contribution in [-0.4, -0.2) is 37.3 Å². The Kier molecular flexibility index (Phi) is 6.22. The summed E-state index contributed by atoms with van der Waals surface area (Å²) < 4.78 is 20.0. The van der Waals surface area contributed by atoms with E-state index >= 15 is 0 Å². The summed E-state index contributed by atoms with van der Waals surface area (Å²) in [6.07, 6.45) is 5.57. The van der Waals surface area contributed by atoms with Gasteiger partial charge < -0.3 is 15.4 Å². The first-order valence-electron chi connectivity index (χ1n) is 10.5. The lowest BCUT2D eigenvalue weighted by Gasteiger charge is -2.19. The summed E-state index contributed by atoms with van der Waals surface area (Å²) in [6, 6.07) is 9.14. The molecule has 10 heteroatoms. The number of amides is 2. The first-order valence-corrected chi connectivity index (χ1v) is 10.5. The van der Waals surface area contributed by atoms with Crippen molar-refractivity contribution in [1.82, 2.24) is 30.4 Å². The molecule has 2 N–H and O–H groups in total. The van der Waals surface area contributed by atoms with E-state index < -0.39 is 11.6 Å². The van der Waals surface area contributed by atoms with Crippen molar-refractivity contribution in [1.29, 1.82) is 0 Å². The minimum absolute atomic E-state index is 0.152. The van der Waals surface area contributed by atoms with Crippen LogP contribution in [-0.2, 0) is 6.54 Å². The SMILES string of the molecule is CC(C)(C)NC(=O)Oc1ccc(CNC(=O)c2cncc3c2cnn3-c2ccc(F)cc2)cn1. The molecule has 0 unspecified atom stereocenters. The smallest absolute Gasteiger partial charge is 0.391 e. The van der Waals surface area contributed by atoms with Gasteiger partial charge in [-0.3, -0.25) is 9.78 Å². The van der Waals surface area contributed by atoms with Crippen LogP contribution in [0.5, 0.6) is 5.88 Å². The first kappa shape index (κ1) is 22.8. The van der Waals surface area contributed by atoms with Gasteiger partial charge in [0.15, 0.2) is 0 Å². The molecule has 3 heterocycles. The Labute approximate surface area is 195 Å². The third kappa shape index (κ3) is 5.34. The molecule has 0 spiro atoms. The Balaban J connectivity index is 1.43. The maximum absolute atomic E-state index is 13.2. The molecule has 4 rings (SSSR count). The summed E-state index contributed by atoms with van der Waals surface area (Å²) in [5, 5.41) is 10.5. The summed E-state index contributed by atoms with van der Waals surface area (Å²) in [5.74, 6) is -0.527. The summed E-state index contributed by atoms with van der Waals surface area (Å²) in [4.78, 5) is 32.9. The molecule has 0 aliphatic heterocycles. The molecule has 3 aromatic heterocycles. The Bertz CT molecular complexity index is 1330. The lowest BCUT2D eigenvalue weighted by Crippen LogP contribution is -2.42. The highest BCUT2D eigenvalue weighted by Crippen LogP contribution is 2.21. The number of carbonyl (C=O) groups is 2. The minimum Gasteiger partial charge on any atom is -0.391 e. The Hall–Kier alpha value is -4.34. The van der Waals surface area contributed by atoms with Crippen molar-refractivity contribution >= 4 is 22.9 Å². The minimum atomic E-state index is -0.595. The van der Waals surface area contributed by atoms with Gasteiger partial charge in [0, 0.05) is 35.9 Å². The highest BCUT2D eigenvalue weighted by atomic mass is 19.1. The molecule has 0 aliphatic carbocycles. The normalized spacial score (nSPS) is 11.3. The van der Waals surface area contributed by atoms with Crippen LogP contribution >= 0.6 is 0 Å². The molecule has 0 saturated heterocycles. The fourth-order valence-corrected chi connectivity index (χ4v) is 3.19. The second-order valence-corrected chi connectivity index (χ2v) is 8.60. The van der Waals surface area contributed by atoms with Crippen molar-refractivity contribution in [3.63, 3.8) is 0 Å². The second-order valence-electron chi connectivity index (χ2n) is 8.60. The molecule has 0 aliphatic rings. The van der Waals surface area contributed by atoms with Crippen molar-refractivity contribution in [3.05, 3.63) is 78.1 Å². The fourth-order valence-electron chi connectivity index (χ4n) is 3.19. The van der Waals surface area contributed by atoms with Crippen LogP contribution in [0.25, 0.3) is 16.6 Å². The van der Waals surface area contributed by atoms with Crippen LogP contribution < -0.4 is 15.4 Å². The van der Waals surface area contributed by atoms with Gasteiger partial charge in [0.25, 0.3) is 5.91 Å². The highest BCUT2D eigenvalue weighted by Gasteiger charge is 2.17. The van der Waals surface area contributed by atoms with Gasteiger partial charge in [0.05, 0.1) is 29.2 Å². The van der Waals surface area contributed by atoms with E-state index in [-0.39, 0.29) is 24.1 Å². The zero-order chi connectivity index (χ0) is 24.3. The molecular weight excluding hydrogens is 439 g/mol. The number of carbonyl (C=O) groups excluding carboxylic acids is 2. The topological polar surface area (TPSA) is 111 Å². The third-order valence-electron chi connectivity index (χ3n) is 4.74. The molecule has 0 radical (unpaired) electrons. The number of ether oxygens (including phenoxy) is 1. The van der Waals surface area contributed by atoms with Crippen molar-refractivity contribution in [2.75, 3.05) is 0 Å². The predicted octanol–water partition coefficient (Wildman–Crippen LogP) is 3.77. The van der Waals surface area contributed by atoms with Crippen LogP contribution in [0.4, 0.5) is 9.18 Å². The third-order valence-corrected chi connectivity index (χ3v) is 4.74. The zero-order valence-corrected chi connectivity index (χ0v) is 18.9. The van der Waals surface area contributed by atoms with Crippen molar-refractivity contribution in [2.24, 2.45) is 0 Å². The highest BCUT2D eigenvalue weighted by molar-refractivity contribution is 6.05. The van der Waals surface area contributed by atoms with Crippen LogP contribution in [0.2, 0.25) is 0 Å². The molecule has 0 atom stereocenters. The van der Waals surface area contributed by atoms with E-state index in [1.54, 1.807) is 41.3 Å². The molecule has 0 saturated carbocycles. The average molecular weight is 462 g/mol. The van der Waals surface area contributed by atoms with Crippen LogP contribution in [0.3, 0.4) is 0 Å². The predicted molar refractivity (Wildman–Crippen MR) is 123 cm³/mol. The number of benzene rings is 1. The quantitative estimate of drug-likeness (QED) is 0.467. The molecule has 0 bridgehead atoms. The number of halogens is 1. The van der Waals surface area contributed by atoms with E-state index in [1.165, 1.54) is 24.5 Å². The summed E-state index contributed by atoms with van der Waals surface area (Å²) in [6.45, 7) is 5.74. The van der Waals surface area contributed by atoms with Gasteiger partial charge in [-0.05, 0) is 50.6 Å². The maximum Gasteiger partial charge on any atom is 0.414 e. The molecule has 0 fully saturated rings. The zero-order valence-electron chi connectivity index (χ0n) is 18.9. The van der Waals surface area contributed by atoms with Crippen molar-refractivity contribution in [3.8, 4) is 11.6 Å². The van der Waals surface area contributed by atoms with E-state index in [0.717, 1.165) is 5.56 Å². The van der Waals surface area contributed by atoms with Gasteiger partial charge >= 0.3 is 6.09 Å². The number of pyridine rings is 2. The number of nitrogens with zero attached hydrogens (tertiary/aromatic N) is 4. The van der Waals surface area contributed by atoms with Gasteiger partial charge in [-0.1, -0.05) is 6.07 Å². The lowest BCUT2D eigenvalue weighted by atomic mass is 10.1. The first-order chi connectivity index (χ1) is 16.2. The van der Waals surface area contributed by atoms with Crippen LogP contribution in [0, 0.1) is 5.82 Å². The van der Waals surface area contributed by atoms with E-state index in [0.29, 0.717) is 22.2 Å². The van der Waals surface area contributed by atoms with Gasteiger partial charge in [0.1, 0.15) is 5.82 Å². The van der Waals surface area contributed by atoms with Gasteiger partial charge in [-0.15, -0.1) is 0 Å². The molecule has 9 nitrogen and oxygen atoms in total. The molecule has 174 valence electrons. The summed E-state index contributed by atoms with van der Waals surface area (Å²) >= 11 is 0. The van der Waals surface area contributed by atoms with Gasteiger partial charge in [-0.25, -0.2) is 18.9 Å². The van der Waals surface area contributed by atoms with E-state index in [1.807, 2.05) is 20.8 Å². The standard InChI is InChI=1S/C24H23FN6O3/c1-24(2,3)30-23(33)34-21-9-4-15(10-27-21)11-28-22(32)19-12-26-14-20-18(19)13-29-31(20)17-7-5-16(25)6-8-17/h4-10,12-14H,11H2,1-3H3,(H,28,32)(H,30,33). The van der Waals surface area contributed by atoms with E-state index in [9.17, 15) is 14.0 Å². The lowest BCUT2D eigenvalue weighted by molar-refractivity contribution is 0.0952. The molecule has 4 aromatic rings. The Morgan fingerprint density at radius 3 is 2.47 bits per heavy atom. The number of nitrogens with one attached hydrogen (secondary N) is 2. The average Bonchev–Trinajstić information content (AvgIpc) is 3.22. The number of fused-ring (bicyclic) bond motifs is 1. The van der Waals surface area contributed by atoms with E-state index in [4.69, 9.17) is 4.74 Å². The van der Waals surface area contributed by atoms with Crippen molar-refractivity contribution in [2.45, 2.75) is 32.9 Å². The monoisotopic (exact) mass is 462 g/mol. The molecule has 34 heavy (non-hydrogen) atoms. The molecule has 1 aromatic carbocycles. The van der Waals surface area contributed by atoms with Crippen LogP contribution in [0.15, 0.2) is 61.2 Å². The van der Waals surface area contributed by atoms with Crippen molar-refractivity contribution < 1.29 is 18.7 Å². The number of aromatic nitrogens is 4. The summed E-state index contributed by atoms with van der Waals surface area (Å²) in [5.41, 5.74) is 1.93. The van der Waals surface area contributed by atoms with Crippen LogP contribution in [0.1, 0.15) is 36.7 Å².